The van der Waals surface area contributed by atoms with Crippen LogP contribution in [-0.4, -0.2) is 6.04 Å². The quantitative estimate of drug-likeness (QED) is 0.787. The van der Waals surface area contributed by atoms with Gasteiger partial charge in [-0.25, -0.2) is 0 Å². The van der Waals surface area contributed by atoms with Crippen molar-refractivity contribution in [2.75, 3.05) is 5.32 Å². The molecule has 1 aromatic rings. The maximum Gasteiger partial charge on any atom is 0.0407 e. The van der Waals surface area contributed by atoms with Gasteiger partial charge >= 0.3 is 0 Å². The third-order valence-electron chi connectivity index (χ3n) is 3.18. The molecule has 1 aliphatic carbocycles. The standard InChI is InChI=1S/C13H18ClN/c1-13(2)8-7-12(9-13)15-11-5-3-10(14)4-6-11/h3-6,12,15H,7-9H2,1-2H3. The van der Waals surface area contributed by atoms with Gasteiger partial charge in [0.25, 0.3) is 0 Å². The minimum Gasteiger partial charge on any atom is -0.382 e. The Morgan fingerprint density at radius 2 is 1.93 bits per heavy atom. The summed E-state index contributed by atoms with van der Waals surface area (Å²) >= 11 is 5.85. The Labute approximate surface area is 96.8 Å². The second-order valence-corrected chi connectivity index (χ2v) is 5.69. The predicted molar refractivity (Wildman–Crippen MR) is 66.5 cm³/mol. The molecule has 1 N–H and O–H groups in total. The third kappa shape index (κ3) is 2.88. The van der Waals surface area contributed by atoms with Crippen LogP contribution in [0.15, 0.2) is 24.3 Å². The summed E-state index contributed by atoms with van der Waals surface area (Å²) in [6, 6.07) is 8.59. The van der Waals surface area contributed by atoms with E-state index in [1.165, 1.54) is 24.9 Å². The van der Waals surface area contributed by atoms with E-state index in [0.717, 1.165) is 5.02 Å². The average molecular weight is 224 g/mol. The zero-order chi connectivity index (χ0) is 10.9. The van der Waals surface area contributed by atoms with Gasteiger partial charge < -0.3 is 5.32 Å². The SMILES string of the molecule is CC1(C)CCC(Nc2ccc(Cl)cc2)C1. The summed E-state index contributed by atoms with van der Waals surface area (Å²) in [6.07, 6.45) is 3.85. The molecule has 1 aliphatic rings. The van der Waals surface area contributed by atoms with Crippen molar-refractivity contribution in [3.05, 3.63) is 29.3 Å². The second-order valence-electron chi connectivity index (χ2n) is 5.26. The highest BCUT2D eigenvalue weighted by Gasteiger charge is 2.30. The number of nitrogens with one attached hydrogen (secondary N) is 1. The van der Waals surface area contributed by atoms with E-state index in [9.17, 15) is 0 Å². The molecule has 1 aromatic carbocycles. The lowest BCUT2D eigenvalue weighted by molar-refractivity contribution is 0.378. The first-order valence-corrected chi connectivity index (χ1v) is 5.95. The lowest BCUT2D eigenvalue weighted by Crippen LogP contribution is -2.17. The fourth-order valence-electron chi connectivity index (χ4n) is 2.34. The van der Waals surface area contributed by atoms with Gasteiger partial charge in [0, 0.05) is 16.8 Å². The van der Waals surface area contributed by atoms with Crippen LogP contribution in [0.25, 0.3) is 0 Å². The molecule has 0 aromatic heterocycles. The lowest BCUT2D eigenvalue weighted by atomic mass is 9.92. The van der Waals surface area contributed by atoms with Crippen LogP contribution in [0.4, 0.5) is 5.69 Å². The van der Waals surface area contributed by atoms with E-state index in [1.54, 1.807) is 0 Å². The third-order valence-corrected chi connectivity index (χ3v) is 3.44. The molecular formula is C13H18ClN. The molecule has 1 atom stereocenters. The molecule has 1 saturated carbocycles. The van der Waals surface area contributed by atoms with Gasteiger partial charge in [0.15, 0.2) is 0 Å². The van der Waals surface area contributed by atoms with Crippen LogP contribution in [0.1, 0.15) is 33.1 Å². The topological polar surface area (TPSA) is 12.0 Å². The van der Waals surface area contributed by atoms with Gasteiger partial charge in [-0.05, 0) is 48.9 Å². The summed E-state index contributed by atoms with van der Waals surface area (Å²) in [7, 11) is 0. The molecular weight excluding hydrogens is 206 g/mol. The number of halogens is 1. The molecule has 0 radical (unpaired) electrons. The van der Waals surface area contributed by atoms with Crippen molar-refractivity contribution in [1.82, 2.24) is 0 Å². The van der Waals surface area contributed by atoms with Gasteiger partial charge in [-0.1, -0.05) is 25.4 Å². The molecule has 0 spiro atoms. The van der Waals surface area contributed by atoms with Crippen molar-refractivity contribution in [2.45, 2.75) is 39.2 Å². The highest BCUT2D eigenvalue weighted by Crippen LogP contribution is 2.38. The van der Waals surface area contributed by atoms with E-state index in [0.29, 0.717) is 11.5 Å². The Kier molecular flexibility index (Phi) is 2.92. The monoisotopic (exact) mass is 223 g/mol. The Hall–Kier alpha value is -0.690. The zero-order valence-corrected chi connectivity index (χ0v) is 10.1. The number of hydrogen-bond acceptors (Lipinski definition) is 1. The van der Waals surface area contributed by atoms with Gasteiger partial charge in [-0.3, -0.25) is 0 Å². The Morgan fingerprint density at radius 3 is 2.47 bits per heavy atom. The predicted octanol–water partition coefficient (Wildman–Crippen LogP) is 4.33. The lowest BCUT2D eigenvalue weighted by Gasteiger charge is -2.18. The van der Waals surface area contributed by atoms with Gasteiger partial charge in [0.2, 0.25) is 0 Å². The summed E-state index contributed by atoms with van der Waals surface area (Å²) in [6.45, 7) is 4.69. The molecule has 0 heterocycles. The Morgan fingerprint density at radius 1 is 1.27 bits per heavy atom. The van der Waals surface area contributed by atoms with Gasteiger partial charge in [-0.2, -0.15) is 0 Å². The number of hydrogen-bond donors (Lipinski definition) is 1. The van der Waals surface area contributed by atoms with Crippen LogP contribution in [0.5, 0.6) is 0 Å². The molecule has 15 heavy (non-hydrogen) atoms. The van der Waals surface area contributed by atoms with E-state index in [2.05, 4.69) is 19.2 Å². The molecule has 82 valence electrons. The Bertz CT molecular complexity index is 329. The highest BCUT2D eigenvalue weighted by molar-refractivity contribution is 6.30. The van der Waals surface area contributed by atoms with Crippen molar-refractivity contribution >= 4 is 17.3 Å². The molecule has 2 heteroatoms. The van der Waals surface area contributed by atoms with E-state index in [1.807, 2.05) is 24.3 Å². The molecule has 0 amide bonds. The summed E-state index contributed by atoms with van der Waals surface area (Å²) in [5.41, 5.74) is 1.69. The molecule has 2 rings (SSSR count). The van der Waals surface area contributed by atoms with E-state index in [4.69, 9.17) is 11.6 Å². The van der Waals surface area contributed by atoms with Crippen LogP contribution in [-0.2, 0) is 0 Å². The van der Waals surface area contributed by atoms with Crippen molar-refractivity contribution in [1.29, 1.82) is 0 Å². The van der Waals surface area contributed by atoms with Gasteiger partial charge in [0.1, 0.15) is 0 Å². The zero-order valence-electron chi connectivity index (χ0n) is 9.39. The van der Waals surface area contributed by atoms with Crippen molar-refractivity contribution in [3.8, 4) is 0 Å². The van der Waals surface area contributed by atoms with Gasteiger partial charge in [-0.15, -0.1) is 0 Å². The molecule has 0 saturated heterocycles. The summed E-state index contributed by atoms with van der Waals surface area (Å²) in [5, 5.41) is 4.36. The van der Waals surface area contributed by atoms with Crippen LogP contribution < -0.4 is 5.32 Å². The molecule has 0 aliphatic heterocycles. The van der Waals surface area contributed by atoms with Crippen molar-refractivity contribution < 1.29 is 0 Å². The first kappa shape index (κ1) is 10.8. The van der Waals surface area contributed by atoms with Crippen molar-refractivity contribution in [3.63, 3.8) is 0 Å². The maximum atomic E-state index is 5.85. The van der Waals surface area contributed by atoms with Crippen LogP contribution in [0.3, 0.4) is 0 Å². The minimum absolute atomic E-state index is 0.504. The second kappa shape index (κ2) is 4.05. The molecule has 1 unspecified atom stereocenters. The van der Waals surface area contributed by atoms with Gasteiger partial charge in [0.05, 0.1) is 0 Å². The number of rotatable bonds is 2. The maximum absolute atomic E-state index is 5.85. The molecule has 0 bridgehead atoms. The van der Waals surface area contributed by atoms with E-state index >= 15 is 0 Å². The fraction of sp³-hybridized carbons (Fsp3) is 0.538. The van der Waals surface area contributed by atoms with Crippen LogP contribution in [0, 0.1) is 5.41 Å². The van der Waals surface area contributed by atoms with Crippen LogP contribution >= 0.6 is 11.6 Å². The smallest absolute Gasteiger partial charge is 0.0407 e. The summed E-state index contributed by atoms with van der Waals surface area (Å²) < 4.78 is 0. The Balaban J connectivity index is 1.96. The summed E-state index contributed by atoms with van der Waals surface area (Å²) in [4.78, 5) is 0. The van der Waals surface area contributed by atoms with Crippen LogP contribution in [0.2, 0.25) is 5.02 Å². The number of anilines is 1. The van der Waals surface area contributed by atoms with E-state index in [-0.39, 0.29) is 0 Å². The first-order valence-electron chi connectivity index (χ1n) is 5.57. The molecule has 1 fully saturated rings. The fourth-order valence-corrected chi connectivity index (χ4v) is 2.47. The normalized spacial score (nSPS) is 24.1. The van der Waals surface area contributed by atoms with Crippen molar-refractivity contribution in [2.24, 2.45) is 5.41 Å². The summed E-state index contributed by atoms with van der Waals surface area (Å²) in [5.74, 6) is 0. The first-order chi connectivity index (χ1) is 7.05. The largest absolute Gasteiger partial charge is 0.382 e. The average Bonchev–Trinajstić information content (AvgIpc) is 2.50. The highest BCUT2D eigenvalue weighted by atomic mass is 35.5. The molecule has 1 nitrogen and oxygen atoms in total. The minimum atomic E-state index is 0.504. The van der Waals surface area contributed by atoms with E-state index < -0.39 is 0 Å². The number of benzene rings is 1.